The van der Waals surface area contributed by atoms with Gasteiger partial charge in [0.2, 0.25) is 0 Å². The van der Waals surface area contributed by atoms with Crippen LogP contribution in [0.1, 0.15) is 13.8 Å². The maximum Gasteiger partial charge on any atom is 0.513 e. The Labute approximate surface area is 150 Å². The van der Waals surface area contributed by atoms with Crippen LogP contribution in [-0.2, 0) is 14.1 Å². The van der Waals surface area contributed by atoms with E-state index in [4.69, 9.17) is 25.4 Å². The van der Waals surface area contributed by atoms with Crippen LogP contribution in [0.3, 0.4) is 0 Å². The molecule has 1 atom stereocenters. The van der Waals surface area contributed by atoms with Crippen LogP contribution in [0.4, 0.5) is 0 Å². The number of pyridine rings is 1. The highest BCUT2D eigenvalue weighted by atomic mass is 35.5. The van der Waals surface area contributed by atoms with Gasteiger partial charge < -0.3 is 13.8 Å². The number of benzene rings is 1. The van der Waals surface area contributed by atoms with Crippen LogP contribution in [-0.4, -0.2) is 23.6 Å². The second-order valence-electron chi connectivity index (χ2n) is 5.21. The summed E-state index contributed by atoms with van der Waals surface area (Å²) in [6.07, 6.45) is 2.45. The first-order chi connectivity index (χ1) is 11.9. The number of para-hydroxylation sites is 1. The summed E-state index contributed by atoms with van der Waals surface area (Å²) in [5.41, 5.74) is 0. The van der Waals surface area contributed by atoms with E-state index in [1.54, 1.807) is 44.2 Å². The Hall–Kier alpha value is -2.08. The van der Waals surface area contributed by atoms with Crippen molar-refractivity contribution in [2.75, 3.05) is 6.54 Å². The Morgan fingerprint density at radius 3 is 2.52 bits per heavy atom. The Kier molecular flexibility index (Phi) is 6.82. The number of carbonyl (C=O) groups is 1. The van der Waals surface area contributed by atoms with Gasteiger partial charge in [0.1, 0.15) is 12.3 Å². The van der Waals surface area contributed by atoms with Gasteiger partial charge in [0.15, 0.2) is 5.75 Å². The Balaban J connectivity index is 2.15. The first-order valence-corrected chi connectivity index (χ1v) is 9.38. The molecule has 1 unspecified atom stereocenters. The van der Waals surface area contributed by atoms with Crippen molar-refractivity contribution in [1.29, 1.82) is 0 Å². The first-order valence-electron chi connectivity index (χ1n) is 7.46. The average Bonchev–Trinajstić information content (AvgIpc) is 2.53. The molecule has 0 saturated carbocycles. The van der Waals surface area contributed by atoms with Crippen molar-refractivity contribution < 1.29 is 23.1 Å². The van der Waals surface area contributed by atoms with Gasteiger partial charge in [0.25, 0.3) is 0 Å². The van der Waals surface area contributed by atoms with Crippen molar-refractivity contribution in [2.24, 2.45) is 0 Å². The second kappa shape index (κ2) is 8.85. The van der Waals surface area contributed by atoms with Gasteiger partial charge in [-0.3, -0.25) is 9.78 Å². The quantitative estimate of drug-likeness (QED) is 0.546. The summed E-state index contributed by atoms with van der Waals surface area (Å²) in [6.45, 7) is 3.08. The van der Waals surface area contributed by atoms with E-state index in [-0.39, 0.29) is 18.4 Å². The Morgan fingerprint density at radius 1 is 1.20 bits per heavy atom. The zero-order valence-electron chi connectivity index (χ0n) is 13.7. The molecule has 7 nitrogen and oxygen atoms in total. The maximum absolute atomic E-state index is 13.0. The highest BCUT2D eigenvalue weighted by Gasteiger charge is 2.30. The van der Waals surface area contributed by atoms with E-state index < -0.39 is 13.7 Å². The summed E-state index contributed by atoms with van der Waals surface area (Å²) in [6, 6.07) is 9.87. The minimum absolute atomic E-state index is 0.136. The molecule has 0 fully saturated rings. The molecule has 0 amide bonds. The fourth-order valence-corrected chi connectivity index (χ4v) is 3.18. The molecule has 134 valence electrons. The number of carbonyl (C=O) groups excluding carboxylic acids is 1. The smallest absolute Gasteiger partial charge is 0.462 e. The molecule has 25 heavy (non-hydrogen) atoms. The van der Waals surface area contributed by atoms with Crippen LogP contribution in [0.2, 0.25) is 5.02 Å². The van der Waals surface area contributed by atoms with E-state index in [0.29, 0.717) is 10.8 Å². The van der Waals surface area contributed by atoms with E-state index in [1.165, 1.54) is 18.5 Å². The van der Waals surface area contributed by atoms with Crippen molar-refractivity contribution in [3.05, 3.63) is 53.8 Å². The summed E-state index contributed by atoms with van der Waals surface area (Å²) >= 11 is 5.85. The number of ether oxygens (including phenoxy) is 1. The summed E-state index contributed by atoms with van der Waals surface area (Å²) in [4.78, 5) is 15.6. The predicted octanol–water partition coefficient (Wildman–Crippen LogP) is 3.84. The molecule has 2 aromatic rings. The number of nitrogens with zero attached hydrogens (tertiary/aromatic N) is 1. The molecule has 0 bridgehead atoms. The van der Waals surface area contributed by atoms with Gasteiger partial charge in [-0.05, 0) is 26.0 Å². The number of rotatable bonds is 8. The molecule has 1 aromatic heterocycles. The standard InChI is InChI=1S/C16H18ClN2O5P/c1-12(2)22-16(20)11-19-25(21,23-14-6-4-3-5-7-14)24-15-8-13(17)9-18-10-15/h3-10,12H,11H2,1-2H3,(H,19,21). The lowest BCUT2D eigenvalue weighted by Crippen LogP contribution is -2.28. The number of halogens is 1. The first kappa shape index (κ1) is 19.2. The molecular formula is C16H18ClN2O5P. The van der Waals surface area contributed by atoms with Gasteiger partial charge >= 0.3 is 13.7 Å². The molecule has 2 rings (SSSR count). The molecular weight excluding hydrogens is 367 g/mol. The molecule has 0 aliphatic carbocycles. The fourth-order valence-electron chi connectivity index (χ4n) is 1.75. The largest absolute Gasteiger partial charge is 0.513 e. The van der Waals surface area contributed by atoms with Gasteiger partial charge in [0.05, 0.1) is 17.3 Å². The summed E-state index contributed by atoms with van der Waals surface area (Å²) in [5, 5.41) is 2.79. The maximum atomic E-state index is 13.0. The Morgan fingerprint density at radius 2 is 1.88 bits per heavy atom. The van der Waals surface area contributed by atoms with E-state index in [2.05, 4.69) is 10.1 Å². The number of esters is 1. The van der Waals surface area contributed by atoms with E-state index in [9.17, 15) is 9.36 Å². The van der Waals surface area contributed by atoms with Crippen LogP contribution in [0, 0.1) is 0 Å². The lowest BCUT2D eigenvalue weighted by Gasteiger charge is -2.20. The second-order valence-corrected chi connectivity index (χ2v) is 7.32. The molecule has 1 heterocycles. The van der Waals surface area contributed by atoms with Gasteiger partial charge in [-0.15, -0.1) is 0 Å². The van der Waals surface area contributed by atoms with Crippen molar-refractivity contribution in [1.82, 2.24) is 10.1 Å². The van der Waals surface area contributed by atoms with E-state index in [0.717, 1.165) is 0 Å². The third-order valence-corrected chi connectivity index (χ3v) is 4.31. The normalized spacial score (nSPS) is 13.1. The van der Waals surface area contributed by atoms with Crippen molar-refractivity contribution in [3.8, 4) is 11.5 Å². The lowest BCUT2D eigenvalue weighted by atomic mass is 10.3. The minimum Gasteiger partial charge on any atom is -0.462 e. The summed E-state index contributed by atoms with van der Waals surface area (Å²) < 4.78 is 28.9. The average molecular weight is 385 g/mol. The fraction of sp³-hybridized carbons (Fsp3) is 0.250. The van der Waals surface area contributed by atoms with E-state index in [1.807, 2.05) is 0 Å². The van der Waals surface area contributed by atoms with E-state index >= 15 is 0 Å². The molecule has 0 aliphatic rings. The van der Waals surface area contributed by atoms with Crippen LogP contribution in [0.25, 0.3) is 0 Å². The Bertz CT molecular complexity index is 757. The third-order valence-electron chi connectivity index (χ3n) is 2.66. The lowest BCUT2D eigenvalue weighted by molar-refractivity contribution is -0.145. The highest BCUT2D eigenvalue weighted by molar-refractivity contribution is 7.52. The highest BCUT2D eigenvalue weighted by Crippen LogP contribution is 2.44. The van der Waals surface area contributed by atoms with Crippen molar-refractivity contribution in [3.63, 3.8) is 0 Å². The van der Waals surface area contributed by atoms with Gasteiger partial charge in [0, 0.05) is 12.3 Å². The van der Waals surface area contributed by atoms with Crippen LogP contribution in [0.15, 0.2) is 48.8 Å². The van der Waals surface area contributed by atoms with Crippen molar-refractivity contribution >= 4 is 25.3 Å². The zero-order valence-corrected chi connectivity index (χ0v) is 15.4. The number of hydrogen-bond donors (Lipinski definition) is 1. The molecule has 0 aliphatic heterocycles. The monoisotopic (exact) mass is 384 g/mol. The topological polar surface area (TPSA) is 86.8 Å². The summed E-state index contributed by atoms with van der Waals surface area (Å²) in [5.74, 6) is -0.137. The van der Waals surface area contributed by atoms with Gasteiger partial charge in [-0.1, -0.05) is 29.8 Å². The van der Waals surface area contributed by atoms with Gasteiger partial charge in [-0.2, -0.15) is 5.09 Å². The molecule has 1 N–H and O–H groups in total. The van der Waals surface area contributed by atoms with Gasteiger partial charge in [-0.25, -0.2) is 4.57 Å². The molecule has 0 radical (unpaired) electrons. The van der Waals surface area contributed by atoms with Crippen LogP contribution < -0.4 is 14.1 Å². The predicted molar refractivity (Wildman–Crippen MR) is 93.8 cm³/mol. The third kappa shape index (κ3) is 6.74. The number of hydrogen-bond acceptors (Lipinski definition) is 6. The molecule has 1 aromatic carbocycles. The number of nitrogens with one attached hydrogen (secondary N) is 1. The molecule has 0 spiro atoms. The molecule has 0 saturated heterocycles. The van der Waals surface area contributed by atoms with Crippen LogP contribution in [0.5, 0.6) is 11.5 Å². The van der Waals surface area contributed by atoms with Crippen molar-refractivity contribution in [2.45, 2.75) is 20.0 Å². The number of aromatic nitrogens is 1. The summed E-state index contributed by atoms with van der Waals surface area (Å²) in [7, 11) is -3.93. The van der Waals surface area contributed by atoms with Crippen LogP contribution >= 0.6 is 19.3 Å². The SMILES string of the molecule is CC(C)OC(=O)CNP(=O)(Oc1ccccc1)Oc1cncc(Cl)c1. The zero-order chi connectivity index (χ0) is 18.3. The minimum atomic E-state index is -3.93. The molecule has 9 heteroatoms.